The Labute approximate surface area is 179 Å². The normalized spacial score (nSPS) is 11.5. The first-order valence-corrected chi connectivity index (χ1v) is 10.7. The molecular formula is C21H19ClN2O5S. The van der Waals surface area contributed by atoms with Crippen molar-refractivity contribution in [1.29, 1.82) is 0 Å². The summed E-state index contributed by atoms with van der Waals surface area (Å²) < 4.78 is 30.5. The number of benzene rings is 3. The number of sulfonamides is 1. The van der Waals surface area contributed by atoms with Gasteiger partial charge in [-0.25, -0.2) is 17.5 Å². The van der Waals surface area contributed by atoms with Gasteiger partial charge < -0.3 is 10.1 Å². The Bertz CT molecular complexity index is 1230. The van der Waals surface area contributed by atoms with Crippen molar-refractivity contribution in [3.63, 3.8) is 0 Å². The van der Waals surface area contributed by atoms with Gasteiger partial charge in [-0.15, -0.1) is 0 Å². The highest BCUT2D eigenvalue weighted by atomic mass is 35.5. The second-order valence-electron chi connectivity index (χ2n) is 6.62. The molecule has 0 saturated heterocycles. The molecule has 0 bridgehead atoms. The molecule has 0 saturated carbocycles. The summed E-state index contributed by atoms with van der Waals surface area (Å²) in [5.41, 5.74) is 0.421. The molecule has 30 heavy (non-hydrogen) atoms. The summed E-state index contributed by atoms with van der Waals surface area (Å²) in [6.07, 6.45) is 0. The van der Waals surface area contributed by atoms with E-state index >= 15 is 0 Å². The molecule has 0 unspecified atom stereocenters. The zero-order valence-corrected chi connectivity index (χ0v) is 17.8. The number of hydrogen-bond donors (Lipinski definition) is 1. The molecule has 3 aromatic carbocycles. The zero-order valence-electron chi connectivity index (χ0n) is 16.3. The highest BCUT2D eigenvalue weighted by Gasteiger charge is 2.22. The molecule has 1 amide bonds. The molecule has 0 aromatic heterocycles. The van der Waals surface area contributed by atoms with Crippen molar-refractivity contribution in [3.05, 3.63) is 71.2 Å². The average Bonchev–Trinajstić information content (AvgIpc) is 2.72. The first kappa shape index (κ1) is 21.8. The number of carbonyl (C=O) groups is 2. The van der Waals surface area contributed by atoms with E-state index < -0.39 is 28.5 Å². The van der Waals surface area contributed by atoms with Crippen molar-refractivity contribution in [1.82, 2.24) is 4.31 Å². The quantitative estimate of drug-likeness (QED) is 0.584. The van der Waals surface area contributed by atoms with Crippen LogP contribution >= 0.6 is 11.6 Å². The maximum atomic E-state index is 12.4. The largest absolute Gasteiger partial charge is 0.452 e. The monoisotopic (exact) mass is 446 g/mol. The summed E-state index contributed by atoms with van der Waals surface area (Å²) >= 11 is 6.01. The van der Waals surface area contributed by atoms with Crippen LogP contribution in [0.5, 0.6) is 0 Å². The van der Waals surface area contributed by atoms with Crippen LogP contribution in [-0.4, -0.2) is 45.3 Å². The Morgan fingerprint density at radius 1 is 1.00 bits per heavy atom. The maximum absolute atomic E-state index is 12.4. The predicted octanol–water partition coefficient (Wildman–Crippen LogP) is 3.54. The van der Waals surface area contributed by atoms with E-state index in [4.69, 9.17) is 16.3 Å². The topological polar surface area (TPSA) is 92.8 Å². The fourth-order valence-corrected chi connectivity index (χ4v) is 3.83. The molecule has 0 fully saturated rings. The van der Waals surface area contributed by atoms with Gasteiger partial charge in [0.15, 0.2) is 6.61 Å². The van der Waals surface area contributed by atoms with E-state index in [2.05, 4.69) is 5.32 Å². The third-order valence-electron chi connectivity index (χ3n) is 4.30. The van der Waals surface area contributed by atoms with Gasteiger partial charge in [-0.1, -0.05) is 41.9 Å². The third-order valence-corrected chi connectivity index (χ3v) is 6.44. The molecular weight excluding hydrogens is 428 g/mol. The predicted molar refractivity (Wildman–Crippen MR) is 115 cm³/mol. The Morgan fingerprint density at radius 3 is 2.40 bits per heavy atom. The van der Waals surface area contributed by atoms with E-state index in [0.29, 0.717) is 5.69 Å². The minimum atomic E-state index is -3.75. The SMILES string of the molecule is CN(C)S(=O)(=O)c1ccc(Cl)c(C(=O)OCC(=O)Nc2ccc3ccccc3c2)c1. The standard InChI is InChI=1S/C21H19ClN2O5S/c1-24(2)30(27,28)17-9-10-19(22)18(12-17)21(26)29-13-20(25)23-16-8-7-14-5-3-4-6-15(14)11-16/h3-12H,13H2,1-2H3,(H,23,25). The fourth-order valence-electron chi connectivity index (χ4n) is 2.71. The van der Waals surface area contributed by atoms with E-state index in [1.54, 1.807) is 6.07 Å². The number of fused-ring (bicyclic) bond motifs is 1. The van der Waals surface area contributed by atoms with Crippen molar-refractivity contribution in [2.24, 2.45) is 0 Å². The van der Waals surface area contributed by atoms with Gasteiger partial charge in [0.25, 0.3) is 5.91 Å². The number of ether oxygens (including phenoxy) is 1. The summed E-state index contributed by atoms with van der Waals surface area (Å²) in [7, 11) is -1.00. The van der Waals surface area contributed by atoms with Crippen LogP contribution in [-0.2, 0) is 19.6 Å². The number of hydrogen-bond acceptors (Lipinski definition) is 5. The minimum Gasteiger partial charge on any atom is -0.452 e. The number of carbonyl (C=O) groups excluding carboxylic acids is 2. The van der Waals surface area contributed by atoms with Gasteiger partial charge >= 0.3 is 5.97 Å². The molecule has 9 heteroatoms. The maximum Gasteiger partial charge on any atom is 0.340 e. The van der Waals surface area contributed by atoms with Crippen molar-refractivity contribution < 1.29 is 22.7 Å². The lowest BCUT2D eigenvalue weighted by atomic mass is 10.1. The minimum absolute atomic E-state index is 0.0210. The first-order chi connectivity index (χ1) is 14.2. The lowest BCUT2D eigenvalue weighted by Crippen LogP contribution is -2.23. The molecule has 0 aliphatic heterocycles. The molecule has 0 aliphatic rings. The molecule has 0 atom stereocenters. The second kappa shape index (κ2) is 8.83. The molecule has 156 valence electrons. The van der Waals surface area contributed by atoms with Gasteiger partial charge in [0.2, 0.25) is 10.0 Å². The summed E-state index contributed by atoms with van der Waals surface area (Å²) in [5.74, 6) is -1.43. The lowest BCUT2D eigenvalue weighted by molar-refractivity contribution is -0.119. The van der Waals surface area contributed by atoms with Crippen LogP contribution in [0.2, 0.25) is 5.02 Å². The Kier molecular flexibility index (Phi) is 6.40. The van der Waals surface area contributed by atoms with Crippen molar-refractivity contribution >= 4 is 50.0 Å². The van der Waals surface area contributed by atoms with Gasteiger partial charge in [0.1, 0.15) is 0 Å². The van der Waals surface area contributed by atoms with Crippen LogP contribution in [0.4, 0.5) is 5.69 Å². The van der Waals surface area contributed by atoms with Crippen LogP contribution in [0, 0.1) is 0 Å². The molecule has 1 N–H and O–H groups in total. The van der Waals surface area contributed by atoms with E-state index in [-0.39, 0.29) is 15.5 Å². The van der Waals surface area contributed by atoms with Crippen LogP contribution < -0.4 is 5.32 Å². The number of nitrogens with one attached hydrogen (secondary N) is 1. The summed E-state index contributed by atoms with van der Waals surface area (Å²) in [6, 6.07) is 16.8. The lowest BCUT2D eigenvalue weighted by Gasteiger charge is -2.13. The van der Waals surface area contributed by atoms with E-state index in [9.17, 15) is 18.0 Å². The molecule has 0 aliphatic carbocycles. The molecule has 7 nitrogen and oxygen atoms in total. The van der Waals surface area contributed by atoms with Crippen LogP contribution in [0.1, 0.15) is 10.4 Å². The Balaban J connectivity index is 1.68. The highest BCUT2D eigenvalue weighted by Crippen LogP contribution is 2.23. The number of nitrogens with zero attached hydrogens (tertiary/aromatic N) is 1. The van der Waals surface area contributed by atoms with Crippen molar-refractivity contribution in [2.45, 2.75) is 4.90 Å². The molecule has 0 radical (unpaired) electrons. The first-order valence-electron chi connectivity index (χ1n) is 8.86. The van der Waals surface area contributed by atoms with Gasteiger partial charge in [-0.2, -0.15) is 0 Å². The van der Waals surface area contributed by atoms with Gasteiger partial charge in [0.05, 0.1) is 15.5 Å². The van der Waals surface area contributed by atoms with Crippen LogP contribution in [0.25, 0.3) is 10.8 Å². The molecule has 3 aromatic rings. The van der Waals surface area contributed by atoms with Gasteiger partial charge in [-0.05, 0) is 41.1 Å². The summed E-state index contributed by atoms with van der Waals surface area (Å²) in [4.78, 5) is 24.4. The van der Waals surface area contributed by atoms with E-state index in [1.165, 1.54) is 26.2 Å². The Morgan fingerprint density at radius 2 is 1.70 bits per heavy atom. The number of halogens is 1. The smallest absolute Gasteiger partial charge is 0.340 e. The van der Waals surface area contributed by atoms with Crippen molar-refractivity contribution in [2.75, 3.05) is 26.0 Å². The van der Waals surface area contributed by atoms with Crippen molar-refractivity contribution in [3.8, 4) is 0 Å². The summed E-state index contributed by atoms with van der Waals surface area (Å²) in [5, 5.41) is 4.66. The molecule has 0 heterocycles. The third kappa shape index (κ3) is 4.79. The van der Waals surface area contributed by atoms with Crippen LogP contribution in [0.3, 0.4) is 0 Å². The van der Waals surface area contributed by atoms with Gasteiger partial charge in [-0.3, -0.25) is 4.79 Å². The van der Waals surface area contributed by atoms with E-state index in [1.807, 2.05) is 36.4 Å². The molecule has 3 rings (SSSR count). The summed E-state index contributed by atoms with van der Waals surface area (Å²) in [6.45, 7) is -0.549. The van der Waals surface area contributed by atoms with E-state index in [0.717, 1.165) is 21.1 Å². The van der Waals surface area contributed by atoms with Crippen LogP contribution in [0.15, 0.2) is 65.6 Å². The number of esters is 1. The number of rotatable bonds is 6. The zero-order chi connectivity index (χ0) is 21.9. The molecule has 0 spiro atoms. The fraction of sp³-hybridized carbons (Fsp3) is 0.143. The average molecular weight is 447 g/mol. The number of anilines is 1. The Hall–Kier alpha value is -2.94. The second-order valence-corrected chi connectivity index (χ2v) is 9.17. The van der Waals surface area contributed by atoms with Gasteiger partial charge in [0, 0.05) is 19.8 Å². The number of amides is 1. The highest BCUT2D eigenvalue weighted by molar-refractivity contribution is 7.89.